The van der Waals surface area contributed by atoms with Crippen LogP contribution in [-0.4, -0.2) is 32.0 Å². The maximum Gasteiger partial charge on any atom is 0.307 e. The molecule has 7 heteroatoms. The van der Waals surface area contributed by atoms with Crippen molar-refractivity contribution in [2.45, 2.75) is 12.8 Å². The summed E-state index contributed by atoms with van der Waals surface area (Å²) in [4.78, 5) is 24.4. The van der Waals surface area contributed by atoms with Crippen LogP contribution >= 0.6 is 0 Å². The first-order chi connectivity index (χ1) is 10.1. The van der Waals surface area contributed by atoms with E-state index >= 15 is 0 Å². The van der Waals surface area contributed by atoms with Crippen LogP contribution in [0.25, 0.3) is 5.69 Å². The van der Waals surface area contributed by atoms with Crippen LogP contribution in [0.1, 0.15) is 12.8 Å². The molecule has 1 heterocycles. The summed E-state index contributed by atoms with van der Waals surface area (Å²) < 4.78 is 0. The number of aliphatic carboxylic acids is 1. The Bertz CT molecular complexity index is 651. The normalized spacial score (nSPS) is 20.6. The van der Waals surface area contributed by atoms with E-state index in [0.717, 1.165) is 5.69 Å². The molecular weight excluding hydrogens is 272 g/mol. The number of nitrogens with zero attached hydrogens (tertiary/aromatic N) is 3. The Hall–Kier alpha value is -2.70. The molecule has 2 unspecified atom stereocenters. The Kier molecular flexibility index (Phi) is 3.39. The highest BCUT2D eigenvalue weighted by atomic mass is 16.4. The molecule has 2 atom stereocenters. The molecule has 108 valence electrons. The van der Waals surface area contributed by atoms with Crippen molar-refractivity contribution < 1.29 is 14.7 Å². The van der Waals surface area contributed by atoms with Gasteiger partial charge < -0.3 is 10.4 Å². The van der Waals surface area contributed by atoms with Crippen molar-refractivity contribution >= 4 is 17.6 Å². The summed E-state index contributed by atoms with van der Waals surface area (Å²) in [5.41, 5.74) is 1.41. The number of nitrogens with one attached hydrogen (secondary N) is 1. The first-order valence-electron chi connectivity index (χ1n) is 6.65. The largest absolute Gasteiger partial charge is 0.481 e. The van der Waals surface area contributed by atoms with Crippen LogP contribution in [0.3, 0.4) is 0 Å². The fraction of sp³-hybridized carbons (Fsp3) is 0.286. The van der Waals surface area contributed by atoms with E-state index in [0.29, 0.717) is 18.5 Å². The number of carboxylic acid groups (broad SMARTS) is 1. The number of rotatable bonds is 4. The summed E-state index contributed by atoms with van der Waals surface area (Å²) in [5, 5.41) is 19.7. The predicted octanol–water partition coefficient (Wildman–Crippen LogP) is 1.32. The van der Waals surface area contributed by atoms with Gasteiger partial charge in [0.25, 0.3) is 0 Å². The molecule has 1 aliphatic rings. The number of aromatic nitrogens is 3. The van der Waals surface area contributed by atoms with Crippen LogP contribution in [0.15, 0.2) is 36.7 Å². The second kappa shape index (κ2) is 5.35. The summed E-state index contributed by atoms with van der Waals surface area (Å²) in [7, 11) is 0. The highest BCUT2D eigenvalue weighted by Crippen LogP contribution is 2.35. The second-order valence-corrected chi connectivity index (χ2v) is 4.98. The van der Waals surface area contributed by atoms with E-state index in [-0.39, 0.29) is 5.91 Å². The van der Waals surface area contributed by atoms with Gasteiger partial charge in [-0.25, -0.2) is 0 Å². The zero-order valence-corrected chi connectivity index (χ0v) is 11.1. The topological polar surface area (TPSA) is 97.1 Å². The molecule has 2 aromatic rings. The third-order valence-corrected chi connectivity index (χ3v) is 3.71. The summed E-state index contributed by atoms with van der Waals surface area (Å²) in [6.45, 7) is 0. The molecule has 1 saturated carbocycles. The van der Waals surface area contributed by atoms with Crippen molar-refractivity contribution in [3.8, 4) is 5.69 Å². The van der Waals surface area contributed by atoms with E-state index in [4.69, 9.17) is 5.11 Å². The minimum Gasteiger partial charge on any atom is -0.481 e. The van der Waals surface area contributed by atoms with E-state index in [1.807, 2.05) is 0 Å². The van der Waals surface area contributed by atoms with E-state index in [1.165, 1.54) is 4.80 Å². The molecule has 0 aliphatic heterocycles. The number of hydrogen-bond acceptors (Lipinski definition) is 4. The van der Waals surface area contributed by atoms with Crippen molar-refractivity contribution in [2.24, 2.45) is 11.8 Å². The Labute approximate surface area is 120 Å². The number of amides is 1. The van der Waals surface area contributed by atoms with Gasteiger partial charge in [-0.2, -0.15) is 15.0 Å². The maximum atomic E-state index is 12.0. The molecule has 0 bridgehead atoms. The molecule has 7 nitrogen and oxygen atoms in total. The van der Waals surface area contributed by atoms with Crippen molar-refractivity contribution in [2.75, 3.05) is 5.32 Å². The fourth-order valence-corrected chi connectivity index (χ4v) is 2.37. The third-order valence-electron chi connectivity index (χ3n) is 3.71. The van der Waals surface area contributed by atoms with Gasteiger partial charge in [0.15, 0.2) is 0 Å². The van der Waals surface area contributed by atoms with E-state index in [9.17, 15) is 9.59 Å². The monoisotopic (exact) mass is 286 g/mol. The van der Waals surface area contributed by atoms with Gasteiger partial charge in [-0.05, 0) is 37.1 Å². The van der Waals surface area contributed by atoms with Crippen LogP contribution in [0.5, 0.6) is 0 Å². The molecule has 2 N–H and O–H groups in total. The Balaban J connectivity index is 1.65. The van der Waals surface area contributed by atoms with Crippen LogP contribution in [0, 0.1) is 11.8 Å². The molecule has 1 amide bonds. The SMILES string of the molecule is O=C(O)C1CCC1C(=O)Nc1ccc(-n2nccn2)cc1. The van der Waals surface area contributed by atoms with E-state index in [2.05, 4.69) is 15.5 Å². The molecule has 1 fully saturated rings. The van der Waals surface area contributed by atoms with Crippen molar-refractivity contribution in [3.63, 3.8) is 0 Å². The van der Waals surface area contributed by atoms with Crippen molar-refractivity contribution in [3.05, 3.63) is 36.7 Å². The van der Waals surface area contributed by atoms with Gasteiger partial charge in [0.05, 0.1) is 29.9 Å². The van der Waals surface area contributed by atoms with Gasteiger partial charge in [0, 0.05) is 5.69 Å². The molecule has 3 rings (SSSR count). The van der Waals surface area contributed by atoms with E-state index < -0.39 is 17.8 Å². The minimum absolute atomic E-state index is 0.237. The lowest BCUT2D eigenvalue weighted by Crippen LogP contribution is -2.41. The lowest BCUT2D eigenvalue weighted by atomic mass is 9.73. The summed E-state index contributed by atoms with van der Waals surface area (Å²) in [5.74, 6) is -2.13. The van der Waals surface area contributed by atoms with Gasteiger partial charge >= 0.3 is 5.97 Å². The summed E-state index contributed by atoms with van der Waals surface area (Å²) >= 11 is 0. The van der Waals surface area contributed by atoms with Gasteiger partial charge in [-0.1, -0.05) is 0 Å². The fourth-order valence-electron chi connectivity index (χ4n) is 2.37. The second-order valence-electron chi connectivity index (χ2n) is 4.98. The number of carbonyl (C=O) groups is 2. The Morgan fingerprint density at radius 1 is 1.10 bits per heavy atom. The smallest absolute Gasteiger partial charge is 0.307 e. The molecule has 1 aliphatic carbocycles. The highest BCUT2D eigenvalue weighted by Gasteiger charge is 2.41. The average molecular weight is 286 g/mol. The number of anilines is 1. The van der Waals surface area contributed by atoms with Gasteiger partial charge in [-0.3, -0.25) is 9.59 Å². The van der Waals surface area contributed by atoms with Crippen LogP contribution in [0.4, 0.5) is 5.69 Å². The molecule has 1 aromatic heterocycles. The quantitative estimate of drug-likeness (QED) is 0.883. The van der Waals surface area contributed by atoms with Gasteiger partial charge in [0.2, 0.25) is 5.91 Å². The van der Waals surface area contributed by atoms with Crippen molar-refractivity contribution in [1.29, 1.82) is 0 Å². The first-order valence-corrected chi connectivity index (χ1v) is 6.65. The number of hydrogen-bond donors (Lipinski definition) is 2. The van der Waals surface area contributed by atoms with Crippen LogP contribution in [-0.2, 0) is 9.59 Å². The van der Waals surface area contributed by atoms with Crippen molar-refractivity contribution in [1.82, 2.24) is 15.0 Å². The van der Waals surface area contributed by atoms with Crippen LogP contribution in [0.2, 0.25) is 0 Å². The molecule has 1 aromatic carbocycles. The Morgan fingerprint density at radius 2 is 1.71 bits per heavy atom. The molecule has 0 radical (unpaired) electrons. The number of carboxylic acids is 1. The van der Waals surface area contributed by atoms with E-state index in [1.54, 1.807) is 36.7 Å². The predicted molar refractivity (Wildman–Crippen MR) is 73.8 cm³/mol. The van der Waals surface area contributed by atoms with Gasteiger partial charge in [0.1, 0.15) is 0 Å². The zero-order valence-electron chi connectivity index (χ0n) is 11.1. The molecule has 21 heavy (non-hydrogen) atoms. The summed E-state index contributed by atoms with van der Waals surface area (Å²) in [6, 6.07) is 7.05. The summed E-state index contributed by atoms with van der Waals surface area (Å²) in [6.07, 6.45) is 4.35. The lowest BCUT2D eigenvalue weighted by molar-refractivity contribution is -0.151. The molecule has 0 saturated heterocycles. The lowest BCUT2D eigenvalue weighted by Gasteiger charge is -2.31. The molecular formula is C14H14N4O3. The third kappa shape index (κ3) is 2.62. The maximum absolute atomic E-state index is 12.0. The number of carbonyl (C=O) groups excluding carboxylic acids is 1. The standard InChI is InChI=1S/C14H14N4O3/c19-13(11-5-6-12(11)14(20)21)17-9-1-3-10(4-2-9)18-15-7-8-16-18/h1-4,7-8,11-12H,5-6H2,(H,17,19)(H,20,21). The minimum atomic E-state index is -0.901. The number of benzene rings is 1. The first kappa shape index (κ1) is 13.3. The van der Waals surface area contributed by atoms with Crippen LogP contribution < -0.4 is 5.32 Å². The zero-order chi connectivity index (χ0) is 14.8. The highest BCUT2D eigenvalue weighted by molar-refractivity contribution is 5.96. The van der Waals surface area contributed by atoms with Gasteiger partial charge in [-0.15, -0.1) is 0 Å². The Morgan fingerprint density at radius 3 is 2.24 bits per heavy atom. The average Bonchev–Trinajstić information content (AvgIpc) is 2.91. The molecule has 0 spiro atoms.